The van der Waals surface area contributed by atoms with Crippen LogP contribution < -0.4 is 0 Å². The molecule has 25 heavy (non-hydrogen) atoms. The molecule has 1 aliphatic rings. The number of nitro benzene ring substituents is 1. The number of hydrogen-bond donors (Lipinski definition) is 0. The molecular weight excluding hydrogens is 322 g/mol. The third-order valence-corrected chi connectivity index (χ3v) is 4.92. The Morgan fingerprint density at radius 3 is 2.96 bits per heavy atom. The van der Waals surface area contributed by atoms with Gasteiger partial charge in [0, 0.05) is 45.4 Å². The molecule has 1 aromatic carbocycles. The van der Waals surface area contributed by atoms with Crippen molar-refractivity contribution >= 4 is 11.6 Å². The fourth-order valence-electron chi connectivity index (χ4n) is 3.32. The van der Waals surface area contributed by atoms with Crippen LogP contribution in [0, 0.1) is 16.0 Å². The molecule has 138 valence electrons. The van der Waals surface area contributed by atoms with Gasteiger partial charge in [-0.25, -0.2) is 0 Å². The van der Waals surface area contributed by atoms with Gasteiger partial charge in [0.25, 0.3) is 5.69 Å². The molecule has 2 rings (SSSR count). The first kappa shape index (κ1) is 19.3. The summed E-state index contributed by atoms with van der Waals surface area (Å²) in [6, 6.07) is 6.80. The molecule has 0 N–H and O–H groups in total. The van der Waals surface area contributed by atoms with Crippen molar-refractivity contribution in [3.05, 3.63) is 39.9 Å². The van der Waals surface area contributed by atoms with Gasteiger partial charge in [0.05, 0.1) is 17.4 Å². The highest BCUT2D eigenvalue weighted by Crippen LogP contribution is 2.29. The molecule has 1 amide bonds. The maximum atomic E-state index is 12.6. The number of rotatable bonds is 7. The molecule has 0 radical (unpaired) electrons. The van der Waals surface area contributed by atoms with Gasteiger partial charge >= 0.3 is 0 Å². The molecule has 0 aliphatic carbocycles. The lowest BCUT2D eigenvalue weighted by Crippen LogP contribution is -2.45. The van der Waals surface area contributed by atoms with E-state index >= 15 is 0 Å². The van der Waals surface area contributed by atoms with Gasteiger partial charge < -0.3 is 9.64 Å². The molecule has 1 aliphatic heterocycles. The molecule has 0 unspecified atom stereocenters. The molecule has 7 nitrogen and oxygen atoms in total. The maximum absolute atomic E-state index is 12.6. The van der Waals surface area contributed by atoms with Crippen molar-refractivity contribution in [1.29, 1.82) is 0 Å². The van der Waals surface area contributed by atoms with Gasteiger partial charge in [0.1, 0.15) is 0 Å². The summed E-state index contributed by atoms with van der Waals surface area (Å²) >= 11 is 0. The Labute approximate surface area is 148 Å². The van der Waals surface area contributed by atoms with Crippen LogP contribution in [0.3, 0.4) is 0 Å². The highest BCUT2D eigenvalue weighted by molar-refractivity contribution is 5.78. The lowest BCUT2D eigenvalue weighted by molar-refractivity contribution is -0.385. The van der Waals surface area contributed by atoms with E-state index in [2.05, 4.69) is 4.90 Å². The number of benzene rings is 1. The molecule has 2 atom stereocenters. The Hall–Kier alpha value is -1.99. The number of hydrogen-bond acceptors (Lipinski definition) is 5. The number of ether oxygens (including phenoxy) is 1. The number of methoxy groups -OCH3 is 1. The number of likely N-dealkylation sites (N-methyl/N-ethyl adjacent to an activating group) is 1. The van der Waals surface area contributed by atoms with Crippen LogP contribution in [0.2, 0.25) is 0 Å². The van der Waals surface area contributed by atoms with Crippen LogP contribution in [0.5, 0.6) is 0 Å². The van der Waals surface area contributed by atoms with Crippen molar-refractivity contribution < 1.29 is 14.5 Å². The topological polar surface area (TPSA) is 75.9 Å². The molecule has 7 heteroatoms. The third kappa shape index (κ3) is 4.99. The minimum Gasteiger partial charge on any atom is -0.383 e. The van der Waals surface area contributed by atoms with E-state index in [0.29, 0.717) is 19.7 Å². The van der Waals surface area contributed by atoms with E-state index < -0.39 is 0 Å². The number of piperidine rings is 1. The normalized spacial score (nSPS) is 19.4. The van der Waals surface area contributed by atoms with Crippen molar-refractivity contribution in [3.63, 3.8) is 0 Å². The van der Waals surface area contributed by atoms with Crippen LogP contribution in [0.25, 0.3) is 0 Å². The minimum atomic E-state index is -0.372. The lowest BCUT2D eigenvalue weighted by atomic mass is 9.94. The highest BCUT2D eigenvalue weighted by atomic mass is 16.6. The second kappa shape index (κ2) is 8.92. The average Bonchev–Trinajstić information content (AvgIpc) is 2.65. The first-order valence-electron chi connectivity index (χ1n) is 8.66. The zero-order valence-corrected chi connectivity index (χ0v) is 15.2. The standard InChI is InChI=1S/C18H27N3O4/c1-14(15-6-4-8-17(12-15)21(23)24)20-9-5-7-16(13-20)18(22)19(2)10-11-25-3/h4,6,8,12,14,16H,5,7,9-11,13H2,1-3H3/t14-,16+/m0/s1. The fourth-order valence-corrected chi connectivity index (χ4v) is 3.32. The van der Waals surface area contributed by atoms with E-state index in [1.807, 2.05) is 20.0 Å². The van der Waals surface area contributed by atoms with Crippen LogP contribution in [0.4, 0.5) is 5.69 Å². The summed E-state index contributed by atoms with van der Waals surface area (Å²) in [4.78, 5) is 27.2. The van der Waals surface area contributed by atoms with E-state index in [0.717, 1.165) is 24.9 Å². The zero-order valence-electron chi connectivity index (χ0n) is 15.2. The second-order valence-electron chi connectivity index (χ2n) is 6.61. The summed E-state index contributed by atoms with van der Waals surface area (Å²) in [5.74, 6) is 0.116. The predicted molar refractivity (Wildman–Crippen MR) is 95.3 cm³/mol. The van der Waals surface area contributed by atoms with Crippen LogP contribution in [-0.4, -0.2) is 61.0 Å². The molecule has 0 bridgehead atoms. The third-order valence-electron chi connectivity index (χ3n) is 4.92. The predicted octanol–water partition coefficient (Wildman–Crippen LogP) is 2.47. The van der Waals surface area contributed by atoms with Gasteiger partial charge in [0.15, 0.2) is 0 Å². The smallest absolute Gasteiger partial charge is 0.269 e. The SMILES string of the molecule is COCCN(C)C(=O)[C@@H]1CCCN([C@@H](C)c2cccc([N+](=O)[O-])c2)C1. The highest BCUT2D eigenvalue weighted by Gasteiger charge is 2.30. The molecule has 0 spiro atoms. The number of carbonyl (C=O) groups excluding carboxylic acids is 1. The summed E-state index contributed by atoms with van der Waals surface area (Å²) in [5, 5.41) is 11.0. The molecule has 1 fully saturated rings. The van der Waals surface area contributed by atoms with Crippen LogP contribution in [0.1, 0.15) is 31.4 Å². The van der Waals surface area contributed by atoms with Gasteiger partial charge in [-0.05, 0) is 31.9 Å². The lowest BCUT2D eigenvalue weighted by Gasteiger charge is -2.37. The Morgan fingerprint density at radius 2 is 2.28 bits per heavy atom. The minimum absolute atomic E-state index is 0.0308. The first-order chi connectivity index (χ1) is 11.9. The number of nitro groups is 1. The van der Waals surface area contributed by atoms with Gasteiger partial charge in [-0.2, -0.15) is 0 Å². The number of likely N-dealkylation sites (tertiary alicyclic amines) is 1. The Kier molecular flexibility index (Phi) is 6.90. The summed E-state index contributed by atoms with van der Waals surface area (Å²) in [6.07, 6.45) is 1.84. The summed E-state index contributed by atoms with van der Waals surface area (Å²) in [7, 11) is 3.44. The van der Waals surface area contributed by atoms with Gasteiger partial charge in [-0.1, -0.05) is 12.1 Å². The summed E-state index contributed by atoms with van der Waals surface area (Å²) < 4.78 is 5.04. The molecule has 0 aromatic heterocycles. The number of amides is 1. The largest absolute Gasteiger partial charge is 0.383 e. The number of nitrogens with zero attached hydrogens (tertiary/aromatic N) is 3. The fraction of sp³-hybridized carbons (Fsp3) is 0.611. The van der Waals surface area contributed by atoms with E-state index in [4.69, 9.17) is 4.74 Å². The van der Waals surface area contributed by atoms with Crippen LogP contribution in [0.15, 0.2) is 24.3 Å². The first-order valence-corrected chi connectivity index (χ1v) is 8.66. The molecule has 1 aromatic rings. The van der Waals surface area contributed by atoms with Crippen molar-refractivity contribution in [2.45, 2.75) is 25.8 Å². The zero-order chi connectivity index (χ0) is 18.4. The Bertz CT molecular complexity index is 608. The van der Waals surface area contributed by atoms with Crippen LogP contribution in [-0.2, 0) is 9.53 Å². The van der Waals surface area contributed by atoms with Crippen molar-refractivity contribution in [2.24, 2.45) is 5.92 Å². The van der Waals surface area contributed by atoms with Crippen molar-refractivity contribution in [2.75, 3.05) is 40.4 Å². The van der Waals surface area contributed by atoms with E-state index in [1.165, 1.54) is 6.07 Å². The van der Waals surface area contributed by atoms with Crippen molar-refractivity contribution in [1.82, 2.24) is 9.80 Å². The quantitative estimate of drug-likeness (QED) is 0.558. The molecular formula is C18H27N3O4. The number of carbonyl (C=O) groups is 1. The monoisotopic (exact) mass is 349 g/mol. The molecule has 1 heterocycles. The Balaban J connectivity index is 2.03. The van der Waals surface area contributed by atoms with Gasteiger partial charge in [0.2, 0.25) is 5.91 Å². The molecule has 0 saturated carbocycles. The molecule has 1 saturated heterocycles. The van der Waals surface area contributed by atoms with E-state index in [1.54, 1.807) is 24.1 Å². The number of non-ortho nitro benzene ring substituents is 1. The van der Waals surface area contributed by atoms with Gasteiger partial charge in [-0.15, -0.1) is 0 Å². The maximum Gasteiger partial charge on any atom is 0.269 e. The second-order valence-corrected chi connectivity index (χ2v) is 6.61. The van der Waals surface area contributed by atoms with Crippen molar-refractivity contribution in [3.8, 4) is 0 Å². The summed E-state index contributed by atoms with van der Waals surface area (Å²) in [5.41, 5.74) is 1.02. The van der Waals surface area contributed by atoms with Crippen LogP contribution >= 0.6 is 0 Å². The average molecular weight is 349 g/mol. The van der Waals surface area contributed by atoms with Gasteiger partial charge in [-0.3, -0.25) is 19.8 Å². The Morgan fingerprint density at radius 1 is 1.52 bits per heavy atom. The van der Waals surface area contributed by atoms with E-state index in [-0.39, 0.29) is 28.5 Å². The summed E-state index contributed by atoms with van der Waals surface area (Å²) in [6.45, 7) is 4.74. The van der Waals surface area contributed by atoms with E-state index in [9.17, 15) is 14.9 Å².